The second kappa shape index (κ2) is 8.65. The number of piperidine rings is 1. The lowest BCUT2D eigenvalue weighted by molar-refractivity contribution is 0.288. The van der Waals surface area contributed by atoms with E-state index in [9.17, 15) is 8.42 Å². The fraction of sp³-hybridized carbons (Fsp3) is 0.667. The van der Waals surface area contributed by atoms with Gasteiger partial charge in [0.25, 0.3) is 0 Å². The molecular weight excluding hydrogens is 344 g/mol. The van der Waals surface area contributed by atoms with Crippen molar-refractivity contribution in [3.63, 3.8) is 0 Å². The Balaban J connectivity index is 0.00000208. The third kappa shape index (κ3) is 4.94. The quantitative estimate of drug-likeness (QED) is 0.799. The Hall–Kier alpha value is -0.620. The van der Waals surface area contributed by atoms with E-state index in [0.717, 1.165) is 38.1 Å². The molecule has 0 aromatic heterocycles. The van der Waals surface area contributed by atoms with E-state index < -0.39 is 10.0 Å². The molecule has 0 atom stereocenters. The number of aryl methyl sites for hydroxylation is 1. The zero-order valence-electron chi connectivity index (χ0n) is 14.4. The van der Waals surface area contributed by atoms with E-state index >= 15 is 0 Å². The van der Waals surface area contributed by atoms with E-state index in [4.69, 9.17) is 0 Å². The minimum absolute atomic E-state index is 0. The van der Waals surface area contributed by atoms with Crippen LogP contribution < -0.4 is 5.32 Å². The lowest BCUT2D eigenvalue weighted by atomic mass is 10.1. The summed E-state index contributed by atoms with van der Waals surface area (Å²) in [4.78, 5) is 0.432. The second-order valence-electron chi connectivity index (χ2n) is 6.92. The van der Waals surface area contributed by atoms with Gasteiger partial charge < -0.3 is 5.32 Å². The number of nitrogens with one attached hydrogen (secondary N) is 1. The summed E-state index contributed by atoms with van der Waals surface area (Å²) in [6.07, 6.45) is 6.62. The molecule has 136 valence electrons. The van der Waals surface area contributed by atoms with Crippen molar-refractivity contribution < 1.29 is 8.42 Å². The molecule has 6 heteroatoms. The van der Waals surface area contributed by atoms with Gasteiger partial charge in [-0.25, -0.2) is 8.42 Å². The fourth-order valence-electron chi connectivity index (χ4n) is 3.22. The Morgan fingerprint density at radius 3 is 2.25 bits per heavy atom. The third-order valence-electron chi connectivity index (χ3n) is 4.95. The fourth-order valence-corrected chi connectivity index (χ4v) is 4.69. The van der Waals surface area contributed by atoms with Crippen molar-refractivity contribution >= 4 is 22.4 Å². The highest BCUT2D eigenvalue weighted by Crippen LogP contribution is 2.28. The molecule has 1 aliphatic carbocycles. The molecule has 1 aromatic rings. The largest absolute Gasteiger partial charge is 0.314 e. The summed E-state index contributed by atoms with van der Waals surface area (Å²) in [6, 6.07) is 7.89. The summed E-state index contributed by atoms with van der Waals surface area (Å²) in [5.41, 5.74) is 1.20. The van der Waals surface area contributed by atoms with Crippen molar-refractivity contribution in [1.29, 1.82) is 0 Å². The van der Waals surface area contributed by atoms with Crippen LogP contribution in [0, 0.1) is 5.92 Å². The molecule has 0 radical (unpaired) electrons. The van der Waals surface area contributed by atoms with Crippen molar-refractivity contribution in [1.82, 2.24) is 9.62 Å². The predicted molar refractivity (Wildman–Crippen MR) is 100 cm³/mol. The highest BCUT2D eigenvalue weighted by atomic mass is 35.5. The van der Waals surface area contributed by atoms with E-state index in [2.05, 4.69) is 12.2 Å². The summed E-state index contributed by atoms with van der Waals surface area (Å²) >= 11 is 0. The van der Waals surface area contributed by atoms with Gasteiger partial charge in [0.1, 0.15) is 0 Å². The van der Waals surface area contributed by atoms with Crippen molar-refractivity contribution in [3.8, 4) is 0 Å². The molecule has 1 heterocycles. The highest BCUT2D eigenvalue weighted by molar-refractivity contribution is 7.89. The Morgan fingerprint density at radius 1 is 1.08 bits per heavy atom. The molecule has 1 aliphatic heterocycles. The van der Waals surface area contributed by atoms with Gasteiger partial charge in [-0.1, -0.05) is 25.5 Å². The minimum atomic E-state index is -3.33. The van der Waals surface area contributed by atoms with Crippen LogP contribution >= 0.6 is 12.4 Å². The zero-order chi connectivity index (χ0) is 16.3. The first-order valence-electron chi connectivity index (χ1n) is 8.92. The molecule has 0 amide bonds. The highest BCUT2D eigenvalue weighted by Gasteiger charge is 2.30. The number of sulfonamides is 1. The van der Waals surface area contributed by atoms with Gasteiger partial charge in [0.05, 0.1) is 4.90 Å². The van der Waals surface area contributed by atoms with Crippen molar-refractivity contribution in [2.75, 3.05) is 19.6 Å². The summed E-state index contributed by atoms with van der Waals surface area (Å²) in [7, 11) is -3.33. The summed E-state index contributed by atoms with van der Waals surface area (Å²) in [5, 5.41) is 3.60. The van der Waals surface area contributed by atoms with E-state index in [1.54, 1.807) is 16.4 Å². The van der Waals surface area contributed by atoms with Crippen molar-refractivity contribution in [3.05, 3.63) is 29.8 Å². The normalized spacial score (nSPS) is 19.9. The Bertz CT molecular complexity index is 606. The van der Waals surface area contributed by atoms with Crippen molar-refractivity contribution in [2.45, 2.75) is 56.4 Å². The standard InChI is InChI=1S/C18H28N2O2S.ClH/c1-2-3-15-6-8-18(9-7-15)23(21,22)20-12-10-17(11-13-20)19-14-16-4-5-16;/h6-9,16-17,19H,2-5,10-14H2,1H3;1H. The molecule has 0 unspecified atom stereocenters. The number of hydrogen-bond acceptors (Lipinski definition) is 3. The smallest absolute Gasteiger partial charge is 0.243 e. The Morgan fingerprint density at radius 2 is 1.71 bits per heavy atom. The number of halogens is 1. The maximum atomic E-state index is 12.7. The van der Waals surface area contributed by atoms with Gasteiger partial charge >= 0.3 is 0 Å². The predicted octanol–water partition coefficient (Wildman–Crippen LogP) is 3.21. The summed E-state index contributed by atoms with van der Waals surface area (Å²) in [5.74, 6) is 0.874. The Kier molecular flexibility index (Phi) is 7.10. The maximum absolute atomic E-state index is 12.7. The SMILES string of the molecule is CCCc1ccc(S(=O)(=O)N2CCC(NCC3CC3)CC2)cc1.Cl. The molecule has 1 saturated carbocycles. The summed E-state index contributed by atoms with van der Waals surface area (Å²) in [6.45, 7) is 4.49. The average molecular weight is 373 g/mol. The molecule has 2 fully saturated rings. The molecular formula is C18H29ClN2O2S. The van der Waals surface area contributed by atoms with Crippen LogP contribution in [-0.2, 0) is 16.4 Å². The Labute approximate surface area is 152 Å². The second-order valence-corrected chi connectivity index (χ2v) is 8.86. The maximum Gasteiger partial charge on any atom is 0.243 e. The van der Waals surface area contributed by atoms with E-state index in [-0.39, 0.29) is 12.4 Å². The molecule has 4 nitrogen and oxygen atoms in total. The first-order valence-corrected chi connectivity index (χ1v) is 10.4. The molecule has 2 aliphatic rings. The van der Waals surface area contributed by atoms with Gasteiger partial charge in [-0.15, -0.1) is 12.4 Å². The molecule has 24 heavy (non-hydrogen) atoms. The van der Waals surface area contributed by atoms with Crippen LogP contribution in [0.25, 0.3) is 0 Å². The number of nitrogens with zero attached hydrogens (tertiary/aromatic N) is 1. The van der Waals surface area contributed by atoms with Crippen LogP contribution in [0.15, 0.2) is 29.2 Å². The number of benzene rings is 1. The van der Waals surface area contributed by atoms with Crippen LogP contribution in [0.5, 0.6) is 0 Å². The lowest BCUT2D eigenvalue weighted by Gasteiger charge is -2.31. The van der Waals surface area contributed by atoms with Crippen LogP contribution in [-0.4, -0.2) is 38.4 Å². The lowest BCUT2D eigenvalue weighted by Crippen LogP contribution is -2.45. The van der Waals surface area contributed by atoms with Crippen LogP contribution in [0.3, 0.4) is 0 Å². The van der Waals surface area contributed by atoms with Gasteiger partial charge in [0.2, 0.25) is 10.0 Å². The molecule has 1 N–H and O–H groups in total. The number of rotatable bonds is 7. The van der Waals surface area contributed by atoms with Gasteiger partial charge in [0.15, 0.2) is 0 Å². The topological polar surface area (TPSA) is 49.4 Å². The van der Waals surface area contributed by atoms with E-state index in [1.165, 1.54) is 18.4 Å². The van der Waals surface area contributed by atoms with Crippen molar-refractivity contribution in [2.24, 2.45) is 5.92 Å². The monoisotopic (exact) mass is 372 g/mol. The first-order chi connectivity index (χ1) is 11.1. The van der Waals surface area contributed by atoms with Gasteiger partial charge in [-0.05, 0) is 62.3 Å². The van der Waals surface area contributed by atoms with Crippen LogP contribution in [0.4, 0.5) is 0 Å². The minimum Gasteiger partial charge on any atom is -0.314 e. The molecule has 1 saturated heterocycles. The third-order valence-corrected chi connectivity index (χ3v) is 6.86. The summed E-state index contributed by atoms with van der Waals surface area (Å²) < 4.78 is 27.1. The van der Waals surface area contributed by atoms with E-state index in [1.807, 2.05) is 12.1 Å². The average Bonchev–Trinajstić information content (AvgIpc) is 3.39. The van der Waals surface area contributed by atoms with Crippen LogP contribution in [0.1, 0.15) is 44.6 Å². The van der Waals surface area contributed by atoms with Crippen LogP contribution in [0.2, 0.25) is 0 Å². The van der Waals surface area contributed by atoms with E-state index in [0.29, 0.717) is 24.0 Å². The molecule has 0 bridgehead atoms. The van der Waals surface area contributed by atoms with Gasteiger partial charge in [0, 0.05) is 19.1 Å². The first kappa shape index (κ1) is 19.7. The number of hydrogen-bond donors (Lipinski definition) is 1. The molecule has 3 rings (SSSR count). The molecule has 1 aromatic carbocycles. The molecule has 0 spiro atoms. The van der Waals surface area contributed by atoms with Gasteiger partial charge in [-0.3, -0.25) is 0 Å². The van der Waals surface area contributed by atoms with Gasteiger partial charge in [-0.2, -0.15) is 4.31 Å². The zero-order valence-corrected chi connectivity index (χ0v) is 16.0.